The molecule has 0 heterocycles. The van der Waals surface area contributed by atoms with Crippen molar-refractivity contribution in [2.75, 3.05) is 31.7 Å². The van der Waals surface area contributed by atoms with E-state index in [-0.39, 0.29) is 0 Å². The molecule has 0 aliphatic heterocycles. The number of ether oxygens (including phenoxy) is 1. The number of amides is 2. The van der Waals surface area contributed by atoms with Crippen LogP contribution in [0.5, 0.6) is 0 Å². The predicted molar refractivity (Wildman–Crippen MR) is 80.9 cm³/mol. The Kier molecular flexibility index (Phi) is 7.56. The molecule has 0 saturated carbocycles. The number of carbonyl (C=O) groups is 2. The molecule has 0 atom stereocenters. The van der Waals surface area contributed by atoms with E-state index >= 15 is 0 Å². The fraction of sp³-hybridized carbons (Fsp3) is 0.429. The van der Waals surface area contributed by atoms with E-state index < -0.39 is 18.5 Å². The van der Waals surface area contributed by atoms with Crippen molar-refractivity contribution in [3.63, 3.8) is 0 Å². The summed E-state index contributed by atoms with van der Waals surface area (Å²) in [5.41, 5.74) is 0.483. The lowest BCUT2D eigenvalue weighted by Gasteiger charge is -2.21. The molecule has 0 fully saturated rings. The number of anilines is 1. The number of hydrogen-bond donors (Lipinski definition) is 2. The highest BCUT2D eigenvalue weighted by atomic mass is 35.5. The van der Waals surface area contributed by atoms with Crippen LogP contribution in [0.25, 0.3) is 0 Å². The van der Waals surface area contributed by atoms with Gasteiger partial charge in [0.05, 0.1) is 0 Å². The number of benzene rings is 1. The third-order valence-corrected chi connectivity index (χ3v) is 2.98. The average Bonchev–Trinajstić information content (AvgIpc) is 2.45. The highest BCUT2D eigenvalue weighted by Crippen LogP contribution is 2.18. The fourth-order valence-electron chi connectivity index (χ4n) is 1.70. The minimum absolute atomic E-state index is 0.411. The first-order valence-electron chi connectivity index (χ1n) is 6.56. The average molecular weight is 315 g/mol. The molecule has 0 aromatic heterocycles. The van der Waals surface area contributed by atoms with Crippen LogP contribution < -0.4 is 10.2 Å². The zero-order valence-corrected chi connectivity index (χ0v) is 12.6. The number of urea groups is 1. The Morgan fingerprint density at radius 1 is 1.29 bits per heavy atom. The van der Waals surface area contributed by atoms with Gasteiger partial charge in [-0.2, -0.15) is 0 Å². The van der Waals surface area contributed by atoms with Gasteiger partial charge in [-0.05, 0) is 37.1 Å². The number of methoxy groups -OCH3 is 1. The molecule has 0 aliphatic rings. The van der Waals surface area contributed by atoms with Gasteiger partial charge in [-0.25, -0.2) is 4.79 Å². The van der Waals surface area contributed by atoms with Gasteiger partial charge in [0.1, 0.15) is 6.54 Å². The first kappa shape index (κ1) is 17.3. The Hall–Kier alpha value is -1.79. The number of unbranched alkanes of at least 4 members (excludes halogenated alkanes) is 1. The first-order valence-corrected chi connectivity index (χ1v) is 6.94. The van der Waals surface area contributed by atoms with Gasteiger partial charge in [0, 0.05) is 31.0 Å². The Morgan fingerprint density at radius 2 is 1.95 bits per heavy atom. The maximum atomic E-state index is 12.1. The molecule has 21 heavy (non-hydrogen) atoms. The SMILES string of the molecule is COCCCCNC(=O)N(CC(=O)O)c1ccc(Cl)cc1. The molecule has 0 saturated heterocycles. The van der Waals surface area contributed by atoms with Crippen LogP contribution in [0.3, 0.4) is 0 Å². The van der Waals surface area contributed by atoms with Gasteiger partial charge in [-0.1, -0.05) is 11.6 Å². The van der Waals surface area contributed by atoms with E-state index in [1.54, 1.807) is 31.4 Å². The number of halogens is 1. The molecule has 7 heteroatoms. The summed E-state index contributed by atoms with van der Waals surface area (Å²) >= 11 is 5.79. The molecule has 6 nitrogen and oxygen atoms in total. The zero-order valence-electron chi connectivity index (χ0n) is 11.8. The summed E-state index contributed by atoms with van der Waals surface area (Å²) in [4.78, 5) is 24.2. The van der Waals surface area contributed by atoms with Crippen LogP contribution >= 0.6 is 11.6 Å². The molecule has 1 aromatic rings. The summed E-state index contributed by atoms with van der Waals surface area (Å²) in [5.74, 6) is -1.08. The second kappa shape index (κ2) is 9.20. The van der Waals surface area contributed by atoms with Crippen LogP contribution in [-0.4, -0.2) is 43.9 Å². The van der Waals surface area contributed by atoms with E-state index in [4.69, 9.17) is 21.4 Å². The van der Waals surface area contributed by atoms with Crippen LogP contribution in [0.2, 0.25) is 5.02 Å². The largest absolute Gasteiger partial charge is 0.480 e. The lowest BCUT2D eigenvalue weighted by molar-refractivity contribution is -0.135. The highest BCUT2D eigenvalue weighted by molar-refractivity contribution is 6.30. The van der Waals surface area contributed by atoms with Crippen molar-refractivity contribution in [2.45, 2.75) is 12.8 Å². The van der Waals surface area contributed by atoms with E-state index in [1.807, 2.05) is 0 Å². The van der Waals surface area contributed by atoms with Crippen molar-refractivity contribution in [1.29, 1.82) is 0 Å². The third kappa shape index (κ3) is 6.46. The standard InChI is InChI=1S/C14H19ClN2O4/c1-21-9-3-2-8-16-14(20)17(10-13(18)19)12-6-4-11(15)5-7-12/h4-7H,2-3,8-10H2,1H3,(H,16,20)(H,18,19). The number of rotatable bonds is 8. The fourth-order valence-corrected chi connectivity index (χ4v) is 1.82. The zero-order chi connectivity index (χ0) is 15.7. The number of nitrogens with one attached hydrogen (secondary N) is 1. The second-order valence-corrected chi connectivity index (χ2v) is 4.82. The van der Waals surface area contributed by atoms with Crippen molar-refractivity contribution < 1.29 is 19.4 Å². The number of carboxylic acid groups (broad SMARTS) is 1. The maximum Gasteiger partial charge on any atom is 0.323 e. The van der Waals surface area contributed by atoms with Crippen LogP contribution in [-0.2, 0) is 9.53 Å². The van der Waals surface area contributed by atoms with Crippen LogP contribution in [0.4, 0.5) is 10.5 Å². The summed E-state index contributed by atoms with van der Waals surface area (Å²) in [6, 6.07) is 5.98. The van der Waals surface area contributed by atoms with E-state index in [0.29, 0.717) is 23.9 Å². The van der Waals surface area contributed by atoms with Crippen LogP contribution in [0.1, 0.15) is 12.8 Å². The van der Waals surface area contributed by atoms with Crippen LogP contribution in [0.15, 0.2) is 24.3 Å². The summed E-state index contributed by atoms with van der Waals surface area (Å²) in [7, 11) is 1.62. The van der Waals surface area contributed by atoms with Gasteiger partial charge in [0.25, 0.3) is 0 Å². The predicted octanol–water partition coefficient (Wildman–Crippen LogP) is 2.37. The smallest absolute Gasteiger partial charge is 0.323 e. The van der Waals surface area contributed by atoms with Gasteiger partial charge in [-0.3, -0.25) is 9.69 Å². The number of nitrogens with zero attached hydrogens (tertiary/aromatic N) is 1. The Bertz CT molecular complexity index is 465. The summed E-state index contributed by atoms with van der Waals surface area (Å²) in [6.45, 7) is 0.684. The molecular formula is C14H19ClN2O4. The van der Waals surface area contributed by atoms with Crippen molar-refractivity contribution in [2.24, 2.45) is 0 Å². The van der Waals surface area contributed by atoms with E-state index in [9.17, 15) is 9.59 Å². The highest BCUT2D eigenvalue weighted by Gasteiger charge is 2.18. The molecule has 0 bridgehead atoms. The number of carboxylic acids is 1. The lowest BCUT2D eigenvalue weighted by Crippen LogP contribution is -2.43. The van der Waals surface area contributed by atoms with E-state index in [0.717, 1.165) is 17.7 Å². The summed E-state index contributed by atoms with van der Waals surface area (Å²) in [5, 5.41) is 12.1. The van der Waals surface area contributed by atoms with E-state index in [1.165, 1.54) is 0 Å². The maximum absolute atomic E-state index is 12.1. The van der Waals surface area contributed by atoms with Crippen molar-refractivity contribution in [1.82, 2.24) is 5.32 Å². The quantitative estimate of drug-likeness (QED) is 0.722. The van der Waals surface area contributed by atoms with Gasteiger partial charge in [-0.15, -0.1) is 0 Å². The van der Waals surface area contributed by atoms with Gasteiger partial charge < -0.3 is 15.2 Å². The number of aliphatic carboxylic acids is 1. The minimum atomic E-state index is -1.08. The van der Waals surface area contributed by atoms with Crippen molar-refractivity contribution in [3.05, 3.63) is 29.3 Å². The normalized spacial score (nSPS) is 10.2. The molecule has 0 aliphatic carbocycles. The minimum Gasteiger partial charge on any atom is -0.480 e. The van der Waals surface area contributed by atoms with Gasteiger partial charge in [0.2, 0.25) is 0 Å². The second-order valence-electron chi connectivity index (χ2n) is 4.39. The molecule has 0 radical (unpaired) electrons. The molecule has 0 unspecified atom stereocenters. The summed E-state index contributed by atoms with van der Waals surface area (Å²) in [6.07, 6.45) is 1.60. The molecular weight excluding hydrogens is 296 g/mol. The van der Waals surface area contributed by atoms with Gasteiger partial charge in [0.15, 0.2) is 0 Å². The molecule has 1 rings (SSSR count). The molecule has 2 N–H and O–H groups in total. The Morgan fingerprint density at radius 3 is 2.52 bits per heavy atom. The van der Waals surface area contributed by atoms with Crippen molar-refractivity contribution in [3.8, 4) is 0 Å². The third-order valence-electron chi connectivity index (χ3n) is 2.73. The first-order chi connectivity index (χ1) is 10.0. The lowest BCUT2D eigenvalue weighted by atomic mass is 10.3. The number of hydrogen-bond acceptors (Lipinski definition) is 3. The van der Waals surface area contributed by atoms with Crippen LogP contribution in [0, 0.1) is 0 Å². The Balaban J connectivity index is 2.62. The monoisotopic (exact) mass is 314 g/mol. The van der Waals surface area contributed by atoms with Crippen molar-refractivity contribution >= 4 is 29.3 Å². The van der Waals surface area contributed by atoms with Gasteiger partial charge >= 0.3 is 12.0 Å². The Labute approximate surface area is 128 Å². The molecule has 0 spiro atoms. The molecule has 116 valence electrons. The molecule has 1 aromatic carbocycles. The topological polar surface area (TPSA) is 78.9 Å². The number of carbonyl (C=O) groups excluding carboxylic acids is 1. The molecule has 2 amide bonds. The summed E-state index contributed by atoms with van der Waals surface area (Å²) < 4.78 is 4.92. The van der Waals surface area contributed by atoms with E-state index in [2.05, 4.69) is 5.32 Å².